The molecule has 0 spiro atoms. The summed E-state index contributed by atoms with van der Waals surface area (Å²) in [5.74, 6) is -1.94. The minimum atomic E-state index is -4.88. The molecule has 0 bridgehead atoms. The molecule has 3 atom stereocenters. The summed E-state index contributed by atoms with van der Waals surface area (Å²) in [7, 11) is 0.929. The number of carboxylic acid groups (broad SMARTS) is 1. The van der Waals surface area contributed by atoms with Crippen LogP contribution in [-0.4, -0.2) is 63.1 Å². The molecule has 1 fully saturated rings. The summed E-state index contributed by atoms with van der Waals surface area (Å²) in [5.41, 5.74) is 2.35. The van der Waals surface area contributed by atoms with E-state index in [0.29, 0.717) is 26.9 Å². The van der Waals surface area contributed by atoms with Crippen molar-refractivity contribution >= 4 is 35.2 Å². The maximum Gasteiger partial charge on any atom is 0.414 e. The van der Waals surface area contributed by atoms with Crippen LogP contribution in [0.4, 0.5) is 23.7 Å². The highest BCUT2D eigenvalue weighted by atomic mass is 35.5. The number of halogens is 4. The van der Waals surface area contributed by atoms with Gasteiger partial charge in [0.05, 0.1) is 17.6 Å². The van der Waals surface area contributed by atoms with E-state index < -0.39 is 41.9 Å². The topological polar surface area (TPSA) is 103 Å². The van der Waals surface area contributed by atoms with E-state index in [2.05, 4.69) is 10.3 Å². The zero-order valence-electron chi connectivity index (χ0n) is 18.6. The molecule has 2 heterocycles. The first-order chi connectivity index (χ1) is 16.5. The van der Waals surface area contributed by atoms with Crippen molar-refractivity contribution in [2.75, 3.05) is 12.4 Å². The van der Waals surface area contributed by atoms with E-state index in [1.165, 1.54) is 18.3 Å². The molecule has 2 N–H and O–H groups in total. The van der Waals surface area contributed by atoms with Crippen molar-refractivity contribution in [1.82, 2.24) is 14.8 Å². The first-order valence-corrected chi connectivity index (χ1v) is 11.2. The summed E-state index contributed by atoms with van der Waals surface area (Å²) in [6.45, 7) is 0. The number of nitrogens with zero attached hydrogens (tertiary/aromatic N) is 3. The molecule has 2 aliphatic rings. The van der Waals surface area contributed by atoms with Gasteiger partial charge in [0.1, 0.15) is 6.04 Å². The average molecular weight is 511 g/mol. The molecule has 1 aromatic heterocycles. The Hall–Kier alpha value is -3.34. The highest BCUT2D eigenvalue weighted by Gasteiger charge is 2.50. The van der Waals surface area contributed by atoms with Crippen molar-refractivity contribution in [3.05, 3.63) is 58.4 Å². The number of likely N-dealkylation sites (tertiary alicyclic amines) is 1. The van der Waals surface area contributed by atoms with Crippen LogP contribution in [0.1, 0.15) is 35.7 Å². The standard InChI is InChI=1S/C23H22ClF3N4O4/c1-30(21(33)18-6-7-19(32)31(18)22(34)35)20(23(25,26)27)17-5-4-15(11-28-17)29-16-9-12-2-3-14(24)8-13(12)10-16/h2-5,8,11,16,18,20,29H,6-7,9-10H2,1H3,(H,34,35)/t16-,18-,20-/m0/s1. The first kappa shape index (κ1) is 24.8. The number of pyridine rings is 1. The fraction of sp³-hybridized carbons (Fsp3) is 0.391. The van der Waals surface area contributed by atoms with Gasteiger partial charge in [-0.15, -0.1) is 0 Å². The van der Waals surface area contributed by atoms with Crippen molar-refractivity contribution in [3.63, 3.8) is 0 Å². The number of alkyl halides is 3. The second kappa shape index (κ2) is 9.37. The van der Waals surface area contributed by atoms with Gasteiger partial charge in [0, 0.05) is 24.5 Å². The Bertz CT molecular complexity index is 1160. The second-order valence-electron chi connectivity index (χ2n) is 8.63. The van der Waals surface area contributed by atoms with Gasteiger partial charge < -0.3 is 15.3 Å². The monoisotopic (exact) mass is 510 g/mol. The van der Waals surface area contributed by atoms with Gasteiger partial charge in [0.25, 0.3) is 0 Å². The minimum Gasteiger partial charge on any atom is -0.465 e. The van der Waals surface area contributed by atoms with E-state index in [-0.39, 0.29) is 18.9 Å². The van der Waals surface area contributed by atoms with Crippen molar-refractivity contribution in [2.45, 2.75) is 50.0 Å². The molecule has 1 aliphatic heterocycles. The SMILES string of the molecule is CN(C(=O)[C@@H]1CCC(=O)N1C(=O)O)[C@@H](c1ccc(N[C@H]2Cc3ccc(Cl)cc3C2)cn1)C(F)(F)F. The normalized spacial score (nSPS) is 20.5. The van der Waals surface area contributed by atoms with Gasteiger partial charge >= 0.3 is 12.3 Å². The predicted molar refractivity (Wildman–Crippen MR) is 120 cm³/mol. The third kappa shape index (κ3) is 5.04. The highest BCUT2D eigenvalue weighted by Crippen LogP contribution is 2.38. The summed E-state index contributed by atoms with van der Waals surface area (Å²) in [6, 6.07) is 4.40. The number of benzene rings is 1. The number of carbonyl (C=O) groups excluding carboxylic acids is 2. The molecule has 3 amide bonds. The molecule has 1 aliphatic carbocycles. The van der Waals surface area contributed by atoms with Gasteiger partial charge in [-0.3, -0.25) is 14.6 Å². The zero-order chi connectivity index (χ0) is 25.5. The summed E-state index contributed by atoms with van der Waals surface area (Å²) in [5, 5.41) is 13.1. The molecule has 1 aromatic carbocycles. The largest absolute Gasteiger partial charge is 0.465 e. The van der Waals surface area contributed by atoms with Crippen LogP contribution in [0.2, 0.25) is 5.02 Å². The molecule has 8 nitrogen and oxygen atoms in total. The fourth-order valence-corrected chi connectivity index (χ4v) is 4.88. The Morgan fingerprint density at radius 3 is 2.57 bits per heavy atom. The van der Waals surface area contributed by atoms with Crippen LogP contribution in [0.25, 0.3) is 0 Å². The summed E-state index contributed by atoms with van der Waals surface area (Å²) >= 11 is 6.04. The van der Waals surface area contributed by atoms with Gasteiger partial charge in [0.2, 0.25) is 11.8 Å². The lowest BCUT2D eigenvalue weighted by Crippen LogP contribution is -2.50. The molecule has 4 rings (SSSR count). The maximum atomic E-state index is 14.0. The van der Waals surface area contributed by atoms with E-state index in [1.54, 1.807) is 0 Å². The molecular formula is C23H22ClF3N4O4. The number of hydrogen-bond acceptors (Lipinski definition) is 5. The molecule has 2 aromatic rings. The van der Waals surface area contributed by atoms with Crippen LogP contribution in [0.5, 0.6) is 0 Å². The van der Waals surface area contributed by atoms with Crippen LogP contribution in [0.15, 0.2) is 36.5 Å². The number of aromatic nitrogens is 1. The lowest BCUT2D eigenvalue weighted by molar-refractivity contribution is -0.191. The number of fused-ring (bicyclic) bond motifs is 1. The van der Waals surface area contributed by atoms with Gasteiger partial charge in [-0.1, -0.05) is 17.7 Å². The van der Waals surface area contributed by atoms with E-state index in [9.17, 15) is 32.7 Å². The third-order valence-corrected chi connectivity index (χ3v) is 6.52. The third-order valence-electron chi connectivity index (χ3n) is 6.29. The smallest absolute Gasteiger partial charge is 0.414 e. The highest BCUT2D eigenvalue weighted by molar-refractivity contribution is 6.30. The maximum absolute atomic E-state index is 14.0. The quantitative estimate of drug-likeness (QED) is 0.629. The molecular weight excluding hydrogens is 489 g/mol. The molecule has 186 valence electrons. The number of anilines is 1. The molecule has 0 saturated carbocycles. The predicted octanol–water partition coefficient (Wildman–Crippen LogP) is 4.05. The number of amides is 3. The number of nitrogens with one attached hydrogen (secondary N) is 1. The Balaban J connectivity index is 1.49. The van der Waals surface area contributed by atoms with E-state index in [0.717, 1.165) is 24.6 Å². The van der Waals surface area contributed by atoms with E-state index in [4.69, 9.17) is 11.6 Å². The molecule has 35 heavy (non-hydrogen) atoms. The first-order valence-electron chi connectivity index (χ1n) is 10.8. The van der Waals surface area contributed by atoms with Gasteiger partial charge in [0.15, 0.2) is 6.04 Å². The number of hydrogen-bond donors (Lipinski definition) is 2. The average Bonchev–Trinajstić information content (AvgIpc) is 3.35. The van der Waals surface area contributed by atoms with Crippen molar-refractivity contribution in [3.8, 4) is 0 Å². The summed E-state index contributed by atoms with van der Waals surface area (Å²) < 4.78 is 42.0. The van der Waals surface area contributed by atoms with Crippen molar-refractivity contribution < 1.29 is 32.7 Å². The van der Waals surface area contributed by atoms with Crippen molar-refractivity contribution in [1.29, 1.82) is 0 Å². The number of imide groups is 1. The van der Waals surface area contributed by atoms with Crippen LogP contribution in [0.3, 0.4) is 0 Å². The van der Waals surface area contributed by atoms with Crippen LogP contribution < -0.4 is 5.32 Å². The molecule has 12 heteroatoms. The lowest BCUT2D eigenvalue weighted by Gasteiger charge is -2.32. The van der Waals surface area contributed by atoms with Gasteiger partial charge in [-0.25, -0.2) is 9.69 Å². The van der Waals surface area contributed by atoms with E-state index >= 15 is 0 Å². The molecule has 0 unspecified atom stereocenters. The van der Waals surface area contributed by atoms with Gasteiger partial charge in [-0.05, 0) is 54.7 Å². The van der Waals surface area contributed by atoms with Gasteiger partial charge in [-0.2, -0.15) is 13.2 Å². The van der Waals surface area contributed by atoms with Crippen LogP contribution in [0, 0.1) is 0 Å². The summed E-state index contributed by atoms with van der Waals surface area (Å²) in [6.07, 6.45) is -4.25. The Morgan fingerprint density at radius 2 is 1.94 bits per heavy atom. The van der Waals surface area contributed by atoms with Crippen LogP contribution >= 0.6 is 11.6 Å². The number of rotatable bonds is 5. The lowest BCUT2D eigenvalue weighted by atomic mass is 10.1. The molecule has 1 saturated heterocycles. The Kier molecular flexibility index (Phi) is 6.63. The van der Waals surface area contributed by atoms with Crippen molar-refractivity contribution in [2.24, 2.45) is 0 Å². The summed E-state index contributed by atoms with van der Waals surface area (Å²) in [4.78, 5) is 40.6. The second-order valence-corrected chi connectivity index (χ2v) is 9.06. The number of carbonyl (C=O) groups is 3. The Labute approximate surface area is 203 Å². The number of likely N-dealkylation sites (N-methyl/N-ethyl adjacent to an activating group) is 1. The molecule has 0 radical (unpaired) electrons. The Morgan fingerprint density at radius 1 is 1.23 bits per heavy atom. The van der Waals surface area contributed by atoms with E-state index in [1.807, 2.05) is 18.2 Å². The van der Waals surface area contributed by atoms with Crippen LogP contribution in [-0.2, 0) is 22.4 Å². The fourth-order valence-electron chi connectivity index (χ4n) is 4.68. The zero-order valence-corrected chi connectivity index (χ0v) is 19.3. The minimum absolute atomic E-state index is 0.0284.